The highest BCUT2D eigenvalue weighted by Crippen LogP contribution is 2.31. The van der Waals surface area contributed by atoms with E-state index in [-0.39, 0.29) is 17.0 Å². The van der Waals surface area contributed by atoms with Gasteiger partial charge in [-0.3, -0.25) is 4.79 Å². The summed E-state index contributed by atoms with van der Waals surface area (Å²) in [6.45, 7) is -0.0696. The fourth-order valence-corrected chi connectivity index (χ4v) is 3.99. The van der Waals surface area contributed by atoms with Crippen LogP contribution in [0, 0.1) is 0 Å². The van der Waals surface area contributed by atoms with Crippen LogP contribution in [-0.2, 0) is 10.0 Å². The topological polar surface area (TPSA) is 80.5 Å². The largest absolute Gasteiger partial charge is 0.322 e. The van der Waals surface area contributed by atoms with E-state index in [9.17, 15) is 13.2 Å². The molecule has 1 heterocycles. The number of nitrogens with two attached hydrogens (primary N) is 1. The first-order valence-electron chi connectivity index (χ1n) is 6.48. The van der Waals surface area contributed by atoms with Crippen molar-refractivity contribution in [2.45, 2.75) is 10.9 Å². The van der Waals surface area contributed by atoms with Crippen molar-refractivity contribution in [1.82, 2.24) is 4.31 Å². The third kappa shape index (κ3) is 2.22. The molecule has 1 aliphatic rings. The van der Waals surface area contributed by atoms with E-state index in [1.54, 1.807) is 12.1 Å². The van der Waals surface area contributed by atoms with Gasteiger partial charge >= 0.3 is 0 Å². The van der Waals surface area contributed by atoms with Crippen LogP contribution in [0.2, 0.25) is 0 Å². The van der Waals surface area contributed by atoms with Crippen LogP contribution in [0.1, 0.15) is 22.0 Å². The normalized spacial score (nSPS) is 17.6. The van der Waals surface area contributed by atoms with E-state index in [0.717, 1.165) is 9.87 Å². The average molecular weight is 302 g/mol. The molecule has 5 nitrogen and oxygen atoms in total. The number of hydrogen-bond donors (Lipinski definition) is 1. The van der Waals surface area contributed by atoms with Gasteiger partial charge in [0, 0.05) is 6.04 Å². The molecule has 2 N–H and O–H groups in total. The Morgan fingerprint density at radius 1 is 1.00 bits per heavy atom. The van der Waals surface area contributed by atoms with Crippen LogP contribution in [0.3, 0.4) is 0 Å². The van der Waals surface area contributed by atoms with Crippen molar-refractivity contribution in [2.75, 3.05) is 6.54 Å². The Morgan fingerprint density at radius 3 is 2.29 bits per heavy atom. The quantitative estimate of drug-likeness (QED) is 0.932. The molecule has 0 saturated carbocycles. The third-order valence-corrected chi connectivity index (χ3v) is 5.31. The molecule has 0 saturated heterocycles. The maximum atomic E-state index is 12.4. The van der Waals surface area contributed by atoms with Crippen LogP contribution >= 0.6 is 0 Å². The van der Waals surface area contributed by atoms with Crippen LogP contribution in [0.15, 0.2) is 59.5 Å². The molecule has 1 aliphatic heterocycles. The Hall–Kier alpha value is -2.18. The van der Waals surface area contributed by atoms with Gasteiger partial charge in [-0.15, -0.1) is 0 Å². The van der Waals surface area contributed by atoms with Crippen molar-refractivity contribution >= 4 is 15.9 Å². The monoisotopic (exact) mass is 302 g/mol. The Morgan fingerprint density at radius 2 is 1.62 bits per heavy atom. The van der Waals surface area contributed by atoms with E-state index in [4.69, 9.17) is 5.73 Å². The van der Waals surface area contributed by atoms with E-state index >= 15 is 0 Å². The second kappa shape index (κ2) is 4.98. The predicted molar refractivity (Wildman–Crippen MR) is 78.0 cm³/mol. The van der Waals surface area contributed by atoms with Gasteiger partial charge in [-0.1, -0.05) is 42.5 Å². The van der Waals surface area contributed by atoms with Gasteiger partial charge in [0.1, 0.15) is 4.90 Å². The molecule has 1 atom stereocenters. The zero-order valence-corrected chi connectivity index (χ0v) is 12.0. The number of sulfonamides is 1. The summed E-state index contributed by atoms with van der Waals surface area (Å²) >= 11 is 0. The Balaban J connectivity index is 1.93. The summed E-state index contributed by atoms with van der Waals surface area (Å²) in [6.07, 6.45) is 0. The van der Waals surface area contributed by atoms with E-state index in [1.165, 1.54) is 12.1 Å². The maximum Gasteiger partial charge on any atom is 0.269 e. The number of fused-ring (bicyclic) bond motifs is 1. The zero-order valence-electron chi connectivity index (χ0n) is 11.1. The van der Waals surface area contributed by atoms with E-state index in [0.29, 0.717) is 0 Å². The van der Waals surface area contributed by atoms with Gasteiger partial charge in [0.15, 0.2) is 0 Å². The van der Waals surface area contributed by atoms with Crippen LogP contribution in [0.4, 0.5) is 0 Å². The lowest BCUT2D eigenvalue weighted by atomic mass is 10.1. The highest BCUT2D eigenvalue weighted by Gasteiger charge is 2.41. The fourth-order valence-electron chi connectivity index (χ4n) is 2.40. The molecule has 0 fully saturated rings. The van der Waals surface area contributed by atoms with Crippen LogP contribution in [0.5, 0.6) is 0 Å². The van der Waals surface area contributed by atoms with Crippen molar-refractivity contribution in [2.24, 2.45) is 5.73 Å². The molecule has 2 aromatic rings. The minimum absolute atomic E-state index is 0.0512. The molecule has 1 amide bonds. The molecule has 6 heteroatoms. The number of benzene rings is 2. The minimum Gasteiger partial charge on any atom is -0.322 e. The second-order valence-corrected chi connectivity index (χ2v) is 6.69. The first-order valence-corrected chi connectivity index (χ1v) is 7.92. The Bertz CT molecular complexity index is 788. The standard InChI is InChI=1S/C15H14N2O3S/c16-13(11-6-2-1-3-7-11)10-17-15(18)12-8-4-5-9-14(12)21(17,19)20/h1-9,13H,10,16H2. The molecule has 3 rings (SSSR count). The van der Waals surface area contributed by atoms with Crippen molar-refractivity contribution in [3.8, 4) is 0 Å². The summed E-state index contributed by atoms with van der Waals surface area (Å²) in [6, 6.07) is 14.8. The predicted octanol–water partition coefficient (Wildman–Crippen LogP) is 1.53. The third-order valence-electron chi connectivity index (χ3n) is 3.50. The maximum absolute atomic E-state index is 12.4. The average Bonchev–Trinajstić information content (AvgIpc) is 2.70. The SMILES string of the molecule is NC(CN1C(=O)c2ccccc2S1(=O)=O)c1ccccc1. The second-order valence-electron chi connectivity index (χ2n) is 4.85. The van der Waals surface area contributed by atoms with Gasteiger partial charge in [-0.05, 0) is 17.7 Å². The van der Waals surface area contributed by atoms with E-state index < -0.39 is 22.0 Å². The zero-order chi connectivity index (χ0) is 15.0. The summed E-state index contributed by atoms with van der Waals surface area (Å²) in [7, 11) is -3.79. The van der Waals surface area contributed by atoms with Gasteiger partial charge < -0.3 is 5.73 Å². The smallest absolute Gasteiger partial charge is 0.269 e. The number of hydrogen-bond acceptors (Lipinski definition) is 4. The molecule has 0 aromatic heterocycles. The van der Waals surface area contributed by atoms with Gasteiger partial charge in [-0.2, -0.15) is 0 Å². The van der Waals surface area contributed by atoms with Gasteiger partial charge in [-0.25, -0.2) is 12.7 Å². The number of amides is 1. The molecule has 0 bridgehead atoms. The lowest BCUT2D eigenvalue weighted by Gasteiger charge is -2.20. The first kappa shape index (κ1) is 13.8. The summed E-state index contributed by atoms with van der Waals surface area (Å²) < 4.78 is 25.7. The van der Waals surface area contributed by atoms with Crippen LogP contribution < -0.4 is 5.73 Å². The minimum atomic E-state index is -3.79. The van der Waals surface area contributed by atoms with E-state index in [2.05, 4.69) is 0 Å². The number of carbonyl (C=O) groups is 1. The fraction of sp³-hybridized carbons (Fsp3) is 0.133. The van der Waals surface area contributed by atoms with Crippen molar-refractivity contribution in [3.05, 3.63) is 65.7 Å². The lowest BCUT2D eigenvalue weighted by Crippen LogP contribution is -2.36. The van der Waals surface area contributed by atoms with Gasteiger partial charge in [0.05, 0.1) is 12.1 Å². The van der Waals surface area contributed by atoms with E-state index in [1.807, 2.05) is 30.3 Å². The van der Waals surface area contributed by atoms with Gasteiger partial charge in [0.25, 0.3) is 15.9 Å². The van der Waals surface area contributed by atoms with Gasteiger partial charge in [0.2, 0.25) is 0 Å². The summed E-state index contributed by atoms with van der Waals surface area (Å²) in [5.74, 6) is -0.517. The highest BCUT2D eigenvalue weighted by molar-refractivity contribution is 7.90. The molecule has 0 aliphatic carbocycles. The number of rotatable bonds is 3. The Kier molecular flexibility index (Phi) is 3.27. The molecule has 0 spiro atoms. The molecule has 21 heavy (non-hydrogen) atoms. The molecule has 0 radical (unpaired) electrons. The Labute approximate surface area is 123 Å². The summed E-state index contributed by atoms with van der Waals surface area (Å²) in [5.41, 5.74) is 7.03. The van der Waals surface area contributed by atoms with Crippen LogP contribution in [-0.4, -0.2) is 25.2 Å². The molecular formula is C15H14N2O3S. The summed E-state index contributed by atoms with van der Waals surface area (Å²) in [4.78, 5) is 12.3. The molecule has 2 aromatic carbocycles. The molecule has 1 unspecified atom stereocenters. The van der Waals surface area contributed by atoms with Crippen molar-refractivity contribution in [3.63, 3.8) is 0 Å². The molecular weight excluding hydrogens is 288 g/mol. The number of carbonyl (C=O) groups excluding carboxylic acids is 1. The molecule has 108 valence electrons. The lowest BCUT2D eigenvalue weighted by molar-refractivity contribution is 0.0866. The summed E-state index contributed by atoms with van der Waals surface area (Å²) in [5, 5.41) is 0. The number of nitrogens with zero attached hydrogens (tertiary/aromatic N) is 1. The highest BCUT2D eigenvalue weighted by atomic mass is 32.2. The first-order chi connectivity index (χ1) is 10.0. The van der Waals surface area contributed by atoms with Crippen molar-refractivity contribution < 1.29 is 13.2 Å². The van der Waals surface area contributed by atoms with Crippen molar-refractivity contribution in [1.29, 1.82) is 0 Å². The van der Waals surface area contributed by atoms with Crippen LogP contribution in [0.25, 0.3) is 0 Å².